The SMILES string of the molecule is Cc1c(-c2cc(OCC(=O)O)c(Cl)cc2F)c(Cl)c(Cl)n1C(F)(F)C(F)(F)F. The number of hydrogen-bond acceptors (Lipinski definition) is 2. The Morgan fingerprint density at radius 1 is 1.18 bits per heavy atom. The lowest BCUT2D eigenvalue weighted by atomic mass is 10.1. The van der Waals surface area contributed by atoms with Crippen molar-refractivity contribution in [2.24, 2.45) is 0 Å². The second-order valence-electron chi connectivity index (χ2n) is 5.38. The zero-order chi connectivity index (χ0) is 21.6. The van der Waals surface area contributed by atoms with Gasteiger partial charge in [0.05, 0.1) is 10.0 Å². The summed E-state index contributed by atoms with van der Waals surface area (Å²) in [6, 6.07) is -3.94. The maximum atomic E-state index is 14.4. The van der Waals surface area contributed by atoms with Crippen molar-refractivity contribution in [2.75, 3.05) is 6.61 Å². The molecule has 13 heteroatoms. The predicted octanol–water partition coefficient (Wildman–Crippen LogP) is 6.14. The number of benzene rings is 1. The molecule has 2 aromatic rings. The van der Waals surface area contributed by atoms with Crippen molar-refractivity contribution in [1.29, 1.82) is 0 Å². The van der Waals surface area contributed by atoms with E-state index in [2.05, 4.69) is 0 Å². The van der Waals surface area contributed by atoms with E-state index in [1.807, 2.05) is 0 Å². The van der Waals surface area contributed by atoms with Crippen molar-refractivity contribution < 1.29 is 41.0 Å². The summed E-state index contributed by atoms with van der Waals surface area (Å²) < 4.78 is 84.6. The molecule has 0 spiro atoms. The maximum Gasteiger partial charge on any atom is 0.475 e. The Hall–Kier alpha value is -1.78. The van der Waals surface area contributed by atoms with Crippen LogP contribution in [-0.2, 0) is 10.8 Å². The summed E-state index contributed by atoms with van der Waals surface area (Å²) in [4.78, 5) is 10.6. The van der Waals surface area contributed by atoms with Gasteiger partial charge in [-0.1, -0.05) is 34.8 Å². The van der Waals surface area contributed by atoms with Crippen LogP contribution in [0.2, 0.25) is 15.2 Å². The highest BCUT2D eigenvalue weighted by Crippen LogP contribution is 2.49. The number of hydrogen-bond donors (Lipinski definition) is 1. The second-order valence-corrected chi connectivity index (χ2v) is 6.53. The summed E-state index contributed by atoms with van der Waals surface area (Å²) in [5, 5.41) is 6.33. The van der Waals surface area contributed by atoms with Crippen LogP contribution in [0, 0.1) is 12.7 Å². The number of alkyl halides is 5. The van der Waals surface area contributed by atoms with Crippen LogP contribution in [0.3, 0.4) is 0 Å². The first-order chi connectivity index (χ1) is 12.7. The molecule has 154 valence electrons. The van der Waals surface area contributed by atoms with Crippen molar-refractivity contribution in [3.8, 4) is 16.9 Å². The summed E-state index contributed by atoms with van der Waals surface area (Å²) in [7, 11) is 0. The smallest absolute Gasteiger partial charge is 0.475 e. The molecule has 1 aromatic carbocycles. The molecule has 0 aliphatic carbocycles. The highest BCUT2D eigenvalue weighted by atomic mass is 35.5. The van der Waals surface area contributed by atoms with Gasteiger partial charge >= 0.3 is 18.2 Å². The average molecular weight is 471 g/mol. The van der Waals surface area contributed by atoms with Crippen LogP contribution in [0.5, 0.6) is 5.75 Å². The number of halogens is 9. The fraction of sp³-hybridized carbons (Fsp3) is 0.267. The molecule has 0 fully saturated rings. The third-order valence-corrected chi connectivity index (χ3v) is 4.68. The van der Waals surface area contributed by atoms with Crippen LogP contribution in [-0.4, -0.2) is 28.4 Å². The summed E-state index contributed by atoms with van der Waals surface area (Å²) in [5.74, 6) is -2.89. The molecule has 1 N–H and O–H groups in total. The molecule has 0 bridgehead atoms. The van der Waals surface area contributed by atoms with E-state index < -0.39 is 62.2 Å². The zero-order valence-electron chi connectivity index (χ0n) is 13.5. The molecular weight excluding hydrogens is 463 g/mol. The number of carbonyl (C=O) groups is 1. The number of carboxylic acid groups (broad SMARTS) is 1. The van der Waals surface area contributed by atoms with E-state index in [4.69, 9.17) is 44.6 Å². The van der Waals surface area contributed by atoms with Gasteiger partial charge in [-0.15, -0.1) is 0 Å². The molecule has 0 aliphatic heterocycles. The highest BCUT2D eigenvalue weighted by molar-refractivity contribution is 6.43. The zero-order valence-corrected chi connectivity index (χ0v) is 15.7. The lowest BCUT2D eigenvalue weighted by molar-refractivity contribution is -0.324. The molecular formula is C15H8Cl3F6NO3. The Morgan fingerprint density at radius 3 is 2.25 bits per heavy atom. The fourth-order valence-corrected chi connectivity index (χ4v) is 3.22. The van der Waals surface area contributed by atoms with Gasteiger partial charge in [-0.2, -0.15) is 22.0 Å². The van der Waals surface area contributed by atoms with E-state index in [9.17, 15) is 31.1 Å². The van der Waals surface area contributed by atoms with E-state index in [0.29, 0.717) is 6.07 Å². The van der Waals surface area contributed by atoms with Crippen LogP contribution in [0.15, 0.2) is 12.1 Å². The van der Waals surface area contributed by atoms with Crippen molar-refractivity contribution in [3.05, 3.63) is 38.8 Å². The van der Waals surface area contributed by atoms with Gasteiger partial charge in [-0.05, 0) is 19.1 Å². The van der Waals surface area contributed by atoms with Crippen molar-refractivity contribution in [2.45, 2.75) is 19.1 Å². The second kappa shape index (κ2) is 7.57. The van der Waals surface area contributed by atoms with Gasteiger partial charge in [0.2, 0.25) is 0 Å². The van der Waals surface area contributed by atoms with Gasteiger partial charge in [-0.3, -0.25) is 4.57 Å². The van der Waals surface area contributed by atoms with Gasteiger partial charge in [0.15, 0.2) is 6.61 Å². The molecule has 0 aliphatic rings. The Labute approximate surface area is 168 Å². The van der Waals surface area contributed by atoms with E-state index >= 15 is 0 Å². The highest BCUT2D eigenvalue weighted by Gasteiger charge is 2.61. The molecule has 2 rings (SSSR count). The minimum atomic E-state index is -6.00. The quantitative estimate of drug-likeness (QED) is 0.534. The van der Waals surface area contributed by atoms with E-state index in [1.165, 1.54) is 0 Å². The van der Waals surface area contributed by atoms with E-state index in [0.717, 1.165) is 13.0 Å². The van der Waals surface area contributed by atoms with Crippen LogP contribution in [0.25, 0.3) is 11.1 Å². The molecule has 0 amide bonds. The van der Waals surface area contributed by atoms with Gasteiger partial charge in [0.1, 0.15) is 16.7 Å². The first-order valence-electron chi connectivity index (χ1n) is 7.05. The number of aliphatic carboxylic acids is 1. The molecule has 28 heavy (non-hydrogen) atoms. The Kier molecular flexibility index (Phi) is 6.08. The van der Waals surface area contributed by atoms with Gasteiger partial charge in [0.25, 0.3) is 0 Å². The van der Waals surface area contributed by atoms with Crippen LogP contribution in [0.4, 0.5) is 26.3 Å². The molecule has 1 aromatic heterocycles. The van der Waals surface area contributed by atoms with E-state index in [-0.39, 0.29) is 10.8 Å². The summed E-state index contributed by atoms with van der Waals surface area (Å²) >= 11 is 17.1. The van der Waals surface area contributed by atoms with E-state index in [1.54, 1.807) is 0 Å². The number of carboxylic acids is 1. The number of nitrogens with zero attached hydrogens (tertiary/aromatic N) is 1. The van der Waals surface area contributed by atoms with Crippen LogP contribution in [0.1, 0.15) is 5.69 Å². The van der Waals surface area contributed by atoms with Crippen LogP contribution < -0.4 is 4.74 Å². The molecule has 0 saturated carbocycles. The molecule has 0 atom stereocenters. The Balaban J connectivity index is 2.72. The average Bonchev–Trinajstić information content (AvgIpc) is 2.76. The number of ether oxygens (including phenoxy) is 1. The summed E-state index contributed by atoms with van der Waals surface area (Å²) in [6.07, 6.45) is -6.00. The Morgan fingerprint density at radius 2 is 1.75 bits per heavy atom. The van der Waals surface area contributed by atoms with Gasteiger partial charge in [-0.25, -0.2) is 9.18 Å². The third-order valence-electron chi connectivity index (χ3n) is 3.56. The number of rotatable bonds is 5. The minimum Gasteiger partial charge on any atom is -0.480 e. The molecule has 1 heterocycles. The summed E-state index contributed by atoms with van der Waals surface area (Å²) in [6.45, 7) is -0.0377. The standard InChI is InChI=1S/C15H8Cl3F6NO3/c1-5-11(12(17)13(18)25(5)15(23,24)14(20,21)22)6-2-9(28-4-10(26)27)7(16)3-8(6)19/h2-3H,4H2,1H3,(H,26,27). The lowest BCUT2D eigenvalue weighted by Gasteiger charge is -2.23. The number of aromatic nitrogens is 1. The molecule has 4 nitrogen and oxygen atoms in total. The monoisotopic (exact) mass is 469 g/mol. The lowest BCUT2D eigenvalue weighted by Crippen LogP contribution is -2.40. The minimum absolute atomic E-state index is 0.359. The first kappa shape index (κ1) is 22.5. The fourth-order valence-electron chi connectivity index (χ4n) is 2.36. The van der Waals surface area contributed by atoms with Gasteiger partial charge in [0, 0.05) is 16.8 Å². The van der Waals surface area contributed by atoms with Crippen molar-refractivity contribution in [1.82, 2.24) is 4.57 Å². The molecule has 0 saturated heterocycles. The summed E-state index contributed by atoms with van der Waals surface area (Å²) in [5.41, 5.74) is -1.92. The van der Waals surface area contributed by atoms with Crippen molar-refractivity contribution in [3.63, 3.8) is 0 Å². The largest absolute Gasteiger partial charge is 0.480 e. The molecule has 0 unspecified atom stereocenters. The third kappa shape index (κ3) is 3.85. The normalized spacial score (nSPS) is 12.4. The van der Waals surface area contributed by atoms with Gasteiger partial charge < -0.3 is 9.84 Å². The van der Waals surface area contributed by atoms with Crippen LogP contribution >= 0.6 is 34.8 Å². The predicted molar refractivity (Wildman–Crippen MR) is 89.0 cm³/mol. The topological polar surface area (TPSA) is 51.5 Å². The maximum absolute atomic E-state index is 14.4. The Bertz CT molecular complexity index is 942. The van der Waals surface area contributed by atoms with Crippen molar-refractivity contribution >= 4 is 40.8 Å². The molecule has 0 radical (unpaired) electrons. The first-order valence-corrected chi connectivity index (χ1v) is 8.18.